The van der Waals surface area contributed by atoms with Crippen LogP contribution in [0.5, 0.6) is 0 Å². The number of para-hydroxylation sites is 1. The second-order valence-corrected chi connectivity index (χ2v) is 8.09. The van der Waals surface area contributed by atoms with Crippen LogP contribution in [-0.2, 0) is 4.79 Å². The Morgan fingerprint density at radius 3 is 2.82 bits per heavy atom. The molecule has 1 aliphatic carbocycles. The van der Waals surface area contributed by atoms with Crippen molar-refractivity contribution >= 4 is 34.6 Å². The minimum Gasteiger partial charge on any atom is -0.358 e. The number of thiophene rings is 1. The Labute approximate surface area is 138 Å². The topological polar surface area (TPSA) is 29.1 Å². The van der Waals surface area contributed by atoms with Crippen molar-refractivity contribution in [2.45, 2.75) is 29.9 Å². The largest absolute Gasteiger partial charge is 0.358 e. The fourth-order valence-electron chi connectivity index (χ4n) is 3.21. The van der Waals surface area contributed by atoms with E-state index in [-0.39, 0.29) is 5.25 Å². The minimum absolute atomic E-state index is 0.117. The summed E-state index contributed by atoms with van der Waals surface area (Å²) in [4.78, 5) is 15.2. The van der Waals surface area contributed by atoms with Gasteiger partial charge in [-0.2, -0.15) is 0 Å². The summed E-state index contributed by atoms with van der Waals surface area (Å²) in [7, 11) is 0. The number of allylic oxidation sites excluding steroid dienone is 1. The van der Waals surface area contributed by atoms with E-state index in [2.05, 4.69) is 48.0 Å². The number of nitrogens with one attached hydrogen (secondary N) is 1. The highest BCUT2D eigenvalue weighted by molar-refractivity contribution is 8.00. The van der Waals surface area contributed by atoms with Crippen molar-refractivity contribution in [1.29, 1.82) is 0 Å². The first kappa shape index (κ1) is 14.1. The van der Waals surface area contributed by atoms with Crippen LogP contribution in [0.2, 0.25) is 0 Å². The molecule has 4 rings (SSSR count). The molecule has 0 amide bonds. The van der Waals surface area contributed by atoms with E-state index in [4.69, 9.17) is 0 Å². The van der Waals surface area contributed by atoms with Crippen LogP contribution in [0, 0.1) is 5.92 Å². The first-order valence-corrected chi connectivity index (χ1v) is 9.30. The Morgan fingerprint density at radius 1 is 1.14 bits per heavy atom. The maximum absolute atomic E-state index is 12.7. The quantitative estimate of drug-likeness (QED) is 0.774. The van der Waals surface area contributed by atoms with Gasteiger partial charge in [-0.3, -0.25) is 4.79 Å². The molecule has 2 aliphatic rings. The van der Waals surface area contributed by atoms with Crippen molar-refractivity contribution in [3.8, 4) is 0 Å². The van der Waals surface area contributed by atoms with Crippen molar-refractivity contribution in [2.75, 3.05) is 5.32 Å². The van der Waals surface area contributed by atoms with E-state index in [0.717, 1.165) is 23.4 Å². The lowest BCUT2D eigenvalue weighted by Crippen LogP contribution is -2.23. The van der Waals surface area contributed by atoms with Crippen LogP contribution >= 0.6 is 23.1 Å². The number of ketones is 1. The van der Waals surface area contributed by atoms with Crippen molar-refractivity contribution in [3.63, 3.8) is 0 Å². The lowest BCUT2D eigenvalue weighted by Gasteiger charge is -2.26. The molecule has 0 saturated heterocycles. The fourth-order valence-corrected chi connectivity index (χ4v) is 5.48. The Morgan fingerprint density at radius 2 is 2.00 bits per heavy atom. The van der Waals surface area contributed by atoms with E-state index in [1.165, 1.54) is 9.77 Å². The molecule has 1 N–H and O–H groups in total. The molecule has 2 unspecified atom stereocenters. The second-order valence-electron chi connectivity index (χ2n) is 5.96. The van der Waals surface area contributed by atoms with Gasteiger partial charge in [-0.1, -0.05) is 25.1 Å². The van der Waals surface area contributed by atoms with Crippen molar-refractivity contribution in [2.24, 2.45) is 5.92 Å². The van der Waals surface area contributed by atoms with E-state index >= 15 is 0 Å². The summed E-state index contributed by atoms with van der Waals surface area (Å²) in [6, 6.07) is 12.6. The molecule has 2 nitrogen and oxygen atoms in total. The van der Waals surface area contributed by atoms with E-state index < -0.39 is 0 Å². The average molecular weight is 327 g/mol. The van der Waals surface area contributed by atoms with Gasteiger partial charge >= 0.3 is 0 Å². The molecule has 1 aromatic heterocycles. The number of carbonyl (C=O) groups is 1. The smallest absolute Gasteiger partial charge is 0.162 e. The van der Waals surface area contributed by atoms with Gasteiger partial charge in [0.05, 0.1) is 10.9 Å². The third kappa shape index (κ3) is 2.40. The Bertz CT molecular complexity index is 748. The molecular formula is C18H17NOS2. The van der Waals surface area contributed by atoms with Gasteiger partial charge in [0.15, 0.2) is 5.78 Å². The number of rotatable bonds is 1. The van der Waals surface area contributed by atoms with E-state index in [0.29, 0.717) is 18.1 Å². The number of hydrogen-bond donors (Lipinski definition) is 1. The second kappa shape index (κ2) is 5.60. The van der Waals surface area contributed by atoms with E-state index in [9.17, 15) is 4.79 Å². The molecular weight excluding hydrogens is 310 g/mol. The van der Waals surface area contributed by atoms with Gasteiger partial charge in [0.1, 0.15) is 0 Å². The van der Waals surface area contributed by atoms with E-state index in [1.807, 2.05) is 6.07 Å². The third-order valence-corrected chi connectivity index (χ3v) is 6.61. The molecule has 2 aromatic rings. The van der Waals surface area contributed by atoms with Crippen molar-refractivity contribution in [3.05, 3.63) is 57.9 Å². The van der Waals surface area contributed by atoms with Gasteiger partial charge < -0.3 is 5.32 Å². The van der Waals surface area contributed by atoms with Crippen LogP contribution in [0.3, 0.4) is 0 Å². The zero-order chi connectivity index (χ0) is 15.1. The highest BCUT2D eigenvalue weighted by Crippen LogP contribution is 2.50. The monoisotopic (exact) mass is 327 g/mol. The lowest BCUT2D eigenvalue weighted by molar-refractivity contribution is -0.116. The zero-order valence-corrected chi connectivity index (χ0v) is 14.0. The molecule has 1 aliphatic heterocycles. The number of anilines is 1. The summed E-state index contributed by atoms with van der Waals surface area (Å²) in [5.41, 5.74) is 3.24. The number of fused-ring (bicyclic) bond motifs is 1. The molecule has 112 valence electrons. The number of thioether (sulfide) groups is 1. The van der Waals surface area contributed by atoms with Gasteiger partial charge in [0.25, 0.3) is 0 Å². The number of hydrogen-bond acceptors (Lipinski definition) is 4. The molecule has 0 radical (unpaired) electrons. The van der Waals surface area contributed by atoms with Gasteiger partial charge in [-0.15, -0.1) is 23.1 Å². The maximum atomic E-state index is 12.7. The van der Waals surface area contributed by atoms with Crippen molar-refractivity contribution < 1.29 is 4.79 Å². The van der Waals surface area contributed by atoms with Gasteiger partial charge in [0, 0.05) is 27.5 Å². The molecule has 1 aromatic carbocycles. The molecule has 0 fully saturated rings. The predicted octanol–water partition coefficient (Wildman–Crippen LogP) is 5.26. The number of carbonyl (C=O) groups excluding carboxylic acids is 1. The van der Waals surface area contributed by atoms with Crippen LogP contribution in [0.15, 0.2) is 57.9 Å². The van der Waals surface area contributed by atoms with Crippen molar-refractivity contribution in [1.82, 2.24) is 0 Å². The first-order chi connectivity index (χ1) is 10.7. The number of benzene rings is 1. The van der Waals surface area contributed by atoms with Gasteiger partial charge in [-0.05, 0) is 35.9 Å². The highest BCUT2D eigenvalue weighted by Gasteiger charge is 2.35. The van der Waals surface area contributed by atoms with Gasteiger partial charge in [0.2, 0.25) is 0 Å². The highest BCUT2D eigenvalue weighted by atomic mass is 32.2. The molecule has 0 saturated carbocycles. The Hall–Kier alpha value is -1.52. The molecule has 0 bridgehead atoms. The molecule has 4 heteroatoms. The van der Waals surface area contributed by atoms with Crippen LogP contribution in [0.1, 0.15) is 29.9 Å². The standard InChI is InChI=1S/C18H17NOS2/c1-11-9-13-17(14(20)10-11)18(16-7-4-8-21-16)22-15-6-3-2-5-12(15)19-13/h2-8,11,18-19H,9-10H2,1H3. The number of Topliss-reactive ketones (excluding diaryl/α,β-unsaturated/α-hetero) is 1. The maximum Gasteiger partial charge on any atom is 0.162 e. The van der Waals surface area contributed by atoms with E-state index in [1.54, 1.807) is 23.1 Å². The summed E-state index contributed by atoms with van der Waals surface area (Å²) in [5.74, 6) is 0.720. The summed E-state index contributed by atoms with van der Waals surface area (Å²) < 4.78 is 0. The molecule has 0 spiro atoms. The Kier molecular flexibility index (Phi) is 3.59. The minimum atomic E-state index is 0.117. The van der Waals surface area contributed by atoms with Crippen LogP contribution in [0.4, 0.5) is 5.69 Å². The summed E-state index contributed by atoms with van der Waals surface area (Å²) >= 11 is 3.53. The van der Waals surface area contributed by atoms with Crippen LogP contribution in [0.25, 0.3) is 0 Å². The predicted molar refractivity (Wildman–Crippen MR) is 93.4 cm³/mol. The fraction of sp³-hybridized carbons (Fsp3) is 0.278. The first-order valence-electron chi connectivity index (χ1n) is 7.54. The third-order valence-electron chi connectivity index (χ3n) is 4.19. The Balaban J connectivity index is 1.88. The average Bonchev–Trinajstić information content (AvgIpc) is 2.95. The normalized spacial score (nSPS) is 24.3. The van der Waals surface area contributed by atoms with Gasteiger partial charge in [-0.25, -0.2) is 0 Å². The van der Waals surface area contributed by atoms with Crippen LogP contribution in [-0.4, -0.2) is 5.78 Å². The summed E-state index contributed by atoms with van der Waals surface area (Å²) in [5, 5.41) is 5.77. The summed E-state index contributed by atoms with van der Waals surface area (Å²) in [6.07, 6.45) is 1.62. The van der Waals surface area contributed by atoms with Crippen LogP contribution < -0.4 is 5.32 Å². The molecule has 2 atom stereocenters. The molecule has 2 heterocycles. The molecule has 22 heavy (non-hydrogen) atoms. The SMILES string of the molecule is CC1CC(=O)C2=C(C1)Nc1ccccc1SC2c1cccs1. The summed E-state index contributed by atoms with van der Waals surface area (Å²) in [6.45, 7) is 2.16. The lowest BCUT2D eigenvalue weighted by atomic mass is 9.85. The zero-order valence-electron chi connectivity index (χ0n) is 12.3.